The van der Waals surface area contributed by atoms with Crippen LogP contribution in [0.1, 0.15) is 12.8 Å². The van der Waals surface area contributed by atoms with Gasteiger partial charge in [-0.15, -0.1) is 0 Å². The fourth-order valence-corrected chi connectivity index (χ4v) is 1.03. The van der Waals surface area contributed by atoms with E-state index >= 15 is 0 Å². The van der Waals surface area contributed by atoms with E-state index in [-0.39, 0.29) is 56.6 Å². The summed E-state index contributed by atoms with van der Waals surface area (Å²) in [5.41, 5.74) is 0. The van der Waals surface area contributed by atoms with Gasteiger partial charge in [0.05, 0.1) is 13.2 Å². The van der Waals surface area contributed by atoms with Gasteiger partial charge in [0.2, 0.25) is 0 Å². The van der Waals surface area contributed by atoms with Crippen molar-refractivity contribution in [2.45, 2.75) is 12.8 Å². The van der Waals surface area contributed by atoms with E-state index in [2.05, 4.69) is 28.5 Å². The fourth-order valence-electron chi connectivity index (χ4n) is 1.03. The third-order valence-electron chi connectivity index (χ3n) is 1.67. The molecule has 0 radical (unpaired) electrons. The van der Waals surface area contributed by atoms with E-state index in [0.29, 0.717) is 23.9 Å². The van der Waals surface area contributed by atoms with Gasteiger partial charge in [0.25, 0.3) is 0 Å². The second-order valence-corrected chi connectivity index (χ2v) is 3.11. The smallest absolute Gasteiger partial charge is 0.489 e. The molecule has 0 aromatic heterocycles. The van der Waals surface area contributed by atoms with Crippen molar-refractivity contribution in [3.63, 3.8) is 0 Å². The number of morpholine rings is 1. The largest absolute Gasteiger partial charge is 1.00 e. The Morgan fingerprint density at radius 1 is 0.800 bits per heavy atom. The van der Waals surface area contributed by atoms with Gasteiger partial charge in [0.15, 0.2) is 0 Å². The van der Waals surface area contributed by atoms with Crippen LogP contribution in [0, 0.1) is 0 Å². The van der Waals surface area contributed by atoms with E-state index in [9.17, 15) is 0 Å². The minimum atomic E-state index is 0. The predicted octanol–water partition coefficient (Wildman–Crippen LogP) is -12.2. The zero-order valence-electron chi connectivity index (χ0n) is 12.4. The molecule has 0 unspecified atom stereocenters. The first-order valence-corrected chi connectivity index (χ1v) is 5.24. The molecule has 0 N–H and O–H groups in total. The van der Waals surface area contributed by atoms with Crippen molar-refractivity contribution in [3.05, 3.63) is 0 Å². The second-order valence-electron chi connectivity index (χ2n) is 3.11. The first-order valence-electron chi connectivity index (χ1n) is 5.24. The summed E-state index contributed by atoms with van der Waals surface area (Å²) in [6.07, 6.45) is 2.95. The van der Waals surface area contributed by atoms with E-state index in [1.165, 1.54) is 39.0 Å². The SMILES string of the molecule is [BH3-]N(C)C.[BH3-]N1CCCC1.[BH3-]N1CCOCC1.[Li+].[Li+].[Li+]. The van der Waals surface area contributed by atoms with Gasteiger partial charge in [-0.1, -0.05) is 14.1 Å². The molecule has 104 valence electrons. The normalized spacial score (nSPS) is 18.3. The molecule has 4 nitrogen and oxygen atoms in total. The standard InChI is InChI=1S/C4H11BNO.C4H11BN.C2H9BN.3Li/c5-6-1-3-7-4-2-6;5-6-3-1-2-4-6;1-4(2)3;;;/h1-4H2,5H3;1-4H2,5H3;1-3H3;;;/q3*-1;3*+1. The topological polar surface area (TPSA) is 19.0 Å². The van der Waals surface area contributed by atoms with Crippen molar-refractivity contribution in [1.29, 1.82) is 0 Å². The van der Waals surface area contributed by atoms with E-state index in [0.717, 1.165) is 13.2 Å². The van der Waals surface area contributed by atoms with E-state index in [4.69, 9.17) is 4.74 Å². The van der Waals surface area contributed by atoms with Crippen LogP contribution in [0.5, 0.6) is 0 Å². The van der Waals surface area contributed by atoms with Gasteiger partial charge in [-0.3, -0.25) is 0 Å². The van der Waals surface area contributed by atoms with Crippen LogP contribution in [0.2, 0.25) is 0 Å². The van der Waals surface area contributed by atoms with Gasteiger partial charge < -0.3 is 19.2 Å². The van der Waals surface area contributed by atoms with Crippen molar-refractivity contribution < 1.29 is 61.3 Å². The number of hydrogen-bond acceptors (Lipinski definition) is 4. The Kier molecular flexibility index (Phi) is 31.0. The Balaban J connectivity index is -0.0000000924. The number of ether oxygens (including phenoxy) is 1. The van der Waals surface area contributed by atoms with Crippen LogP contribution >= 0.6 is 0 Å². The average Bonchev–Trinajstić information content (AvgIpc) is 2.70. The molecule has 2 fully saturated rings. The van der Waals surface area contributed by atoms with Crippen molar-refractivity contribution in [2.24, 2.45) is 0 Å². The van der Waals surface area contributed by atoms with E-state index < -0.39 is 0 Å². The minimum Gasteiger partial charge on any atom is -0.489 e. The molecule has 0 aliphatic carbocycles. The predicted molar refractivity (Wildman–Crippen MR) is 86.7 cm³/mol. The molecular weight excluding hydrogens is 231 g/mol. The quantitative estimate of drug-likeness (QED) is 0.404. The van der Waals surface area contributed by atoms with Crippen LogP contribution in [0.4, 0.5) is 0 Å². The molecule has 2 aliphatic rings. The van der Waals surface area contributed by atoms with Gasteiger partial charge >= 0.3 is 56.6 Å². The summed E-state index contributed by atoms with van der Waals surface area (Å²) in [6.45, 7) is 7.23. The van der Waals surface area contributed by atoms with Crippen molar-refractivity contribution in [1.82, 2.24) is 14.4 Å². The summed E-state index contributed by atoms with van der Waals surface area (Å²) in [5.74, 6) is 0. The van der Waals surface area contributed by atoms with E-state index in [1.54, 1.807) is 0 Å². The molecule has 10 heteroatoms. The summed E-state index contributed by atoms with van der Waals surface area (Å²) >= 11 is 0. The van der Waals surface area contributed by atoms with Crippen LogP contribution in [0.15, 0.2) is 0 Å². The zero-order chi connectivity index (χ0) is 13.1. The molecular formula is C10H31B3Li3N3O. The maximum atomic E-state index is 5.14. The Morgan fingerprint density at radius 2 is 1.10 bits per heavy atom. The number of hydrogen-bond donors (Lipinski definition) is 0. The maximum Gasteiger partial charge on any atom is 1.00 e. The van der Waals surface area contributed by atoms with E-state index in [1.807, 2.05) is 0 Å². The Morgan fingerprint density at radius 3 is 1.25 bits per heavy atom. The van der Waals surface area contributed by atoms with Crippen molar-refractivity contribution >= 4 is 23.9 Å². The number of rotatable bonds is 0. The van der Waals surface area contributed by atoms with Gasteiger partial charge in [-0.2, -0.15) is 0 Å². The first-order chi connectivity index (χ1) is 8.02. The first kappa shape index (κ1) is 29.8. The molecule has 2 saturated heterocycles. The summed E-state index contributed by atoms with van der Waals surface area (Å²) < 4.78 is 5.14. The molecule has 2 rings (SSSR count). The van der Waals surface area contributed by atoms with Crippen LogP contribution in [-0.2, 0) is 4.74 Å². The van der Waals surface area contributed by atoms with Crippen LogP contribution < -0.4 is 56.6 Å². The molecule has 0 saturated carbocycles. The van der Waals surface area contributed by atoms with Crippen LogP contribution in [0.25, 0.3) is 0 Å². The molecule has 0 aromatic carbocycles. The molecule has 20 heavy (non-hydrogen) atoms. The van der Waals surface area contributed by atoms with Crippen LogP contribution in [-0.4, -0.2) is 91.9 Å². The third-order valence-corrected chi connectivity index (χ3v) is 1.67. The Bertz CT molecular complexity index is 172. The molecule has 0 atom stereocenters. The average molecular weight is 263 g/mol. The van der Waals surface area contributed by atoms with Gasteiger partial charge in [-0.05, 0) is 39.0 Å². The fraction of sp³-hybridized carbons (Fsp3) is 1.00. The van der Waals surface area contributed by atoms with Crippen molar-refractivity contribution in [3.8, 4) is 0 Å². The molecule has 2 aliphatic heterocycles. The Hall–Kier alpha value is 1.83. The summed E-state index contributed by atoms with van der Waals surface area (Å²) in [6, 6.07) is 0. The molecule has 0 amide bonds. The zero-order valence-corrected chi connectivity index (χ0v) is 12.4. The monoisotopic (exact) mass is 263 g/mol. The molecule has 0 bridgehead atoms. The maximum absolute atomic E-state index is 5.14. The summed E-state index contributed by atoms with van der Waals surface area (Å²) in [4.78, 5) is 7.38. The summed E-state index contributed by atoms with van der Waals surface area (Å²) in [5, 5.41) is 0. The van der Waals surface area contributed by atoms with Gasteiger partial charge in [0, 0.05) is 23.9 Å². The second kappa shape index (κ2) is 20.8. The molecule has 0 aromatic rings. The molecule has 0 spiro atoms. The van der Waals surface area contributed by atoms with Gasteiger partial charge in [0.1, 0.15) is 0 Å². The summed E-state index contributed by atoms with van der Waals surface area (Å²) in [7, 11) is 5.80. The van der Waals surface area contributed by atoms with Crippen molar-refractivity contribution in [2.75, 3.05) is 53.5 Å². The van der Waals surface area contributed by atoms with Crippen LogP contribution in [0.3, 0.4) is 0 Å². The minimum absolute atomic E-state index is 0. The Labute approximate surface area is 165 Å². The van der Waals surface area contributed by atoms with Gasteiger partial charge in [-0.25, -0.2) is 0 Å². The number of nitrogens with zero attached hydrogens (tertiary/aromatic N) is 3. The third kappa shape index (κ3) is 24.8. The molecule has 2 heterocycles.